The normalized spacial score (nSPS) is 10.6. The zero-order valence-corrected chi connectivity index (χ0v) is 15.9. The number of anilines is 1. The fourth-order valence-corrected chi connectivity index (χ4v) is 3.27. The molecule has 6 heteroatoms. The SMILES string of the molecule is Fc1cccc(COc2c(Cl)cc(CNc3cccc(Cl)c3)cc2Cl)c1. The predicted molar refractivity (Wildman–Crippen MR) is 106 cm³/mol. The van der Waals surface area contributed by atoms with Crippen LogP contribution in [0.4, 0.5) is 10.1 Å². The maximum absolute atomic E-state index is 13.2. The molecule has 26 heavy (non-hydrogen) atoms. The van der Waals surface area contributed by atoms with Gasteiger partial charge in [0.15, 0.2) is 5.75 Å². The number of rotatable bonds is 6. The maximum Gasteiger partial charge on any atom is 0.156 e. The Morgan fingerprint density at radius 2 is 1.58 bits per heavy atom. The Bertz CT molecular complexity index is 894. The van der Waals surface area contributed by atoms with Crippen molar-refractivity contribution in [1.29, 1.82) is 0 Å². The first-order valence-corrected chi connectivity index (χ1v) is 8.99. The Hall–Kier alpha value is -1.94. The second kappa shape index (κ2) is 8.63. The van der Waals surface area contributed by atoms with Crippen molar-refractivity contribution in [2.75, 3.05) is 5.32 Å². The van der Waals surface area contributed by atoms with E-state index in [1.165, 1.54) is 12.1 Å². The lowest BCUT2D eigenvalue weighted by atomic mass is 10.2. The third-order valence-electron chi connectivity index (χ3n) is 3.65. The van der Waals surface area contributed by atoms with Crippen molar-refractivity contribution in [2.24, 2.45) is 0 Å². The van der Waals surface area contributed by atoms with Gasteiger partial charge in [0.1, 0.15) is 12.4 Å². The monoisotopic (exact) mass is 409 g/mol. The topological polar surface area (TPSA) is 21.3 Å². The minimum absolute atomic E-state index is 0.178. The van der Waals surface area contributed by atoms with E-state index in [4.69, 9.17) is 39.5 Å². The molecule has 3 rings (SSSR count). The summed E-state index contributed by atoms with van der Waals surface area (Å²) in [6, 6.07) is 17.2. The molecule has 0 spiro atoms. The molecule has 0 aliphatic carbocycles. The maximum atomic E-state index is 13.2. The predicted octanol–water partition coefficient (Wildman–Crippen LogP) is 6.98. The zero-order valence-electron chi connectivity index (χ0n) is 13.6. The molecule has 0 saturated heterocycles. The van der Waals surface area contributed by atoms with E-state index in [1.807, 2.05) is 24.3 Å². The summed E-state index contributed by atoms with van der Waals surface area (Å²) in [5, 5.41) is 4.71. The molecular formula is C20H15Cl3FNO. The van der Waals surface area contributed by atoms with Gasteiger partial charge in [0.25, 0.3) is 0 Å². The van der Waals surface area contributed by atoms with Gasteiger partial charge >= 0.3 is 0 Å². The lowest BCUT2D eigenvalue weighted by Crippen LogP contribution is -2.01. The summed E-state index contributed by atoms with van der Waals surface area (Å²) in [6.07, 6.45) is 0. The highest BCUT2D eigenvalue weighted by Crippen LogP contribution is 2.35. The number of benzene rings is 3. The summed E-state index contributed by atoms with van der Waals surface area (Å²) in [7, 11) is 0. The minimum Gasteiger partial charge on any atom is -0.486 e. The standard InChI is InChI=1S/C20H15Cl3FNO/c21-15-4-2-6-17(10-15)25-11-14-8-18(22)20(19(23)9-14)26-12-13-3-1-5-16(24)7-13/h1-10,25H,11-12H2. The Labute approximate surface area is 166 Å². The molecule has 0 atom stereocenters. The van der Waals surface area contributed by atoms with Crippen LogP contribution in [-0.4, -0.2) is 0 Å². The van der Waals surface area contributed by atoms with Gasteiger partial charge in [0.05, 0.1) is 10.0 Å². The molecule has 2 nitrogen and oxygen atoms in total. The largest absolute Gasteiger partial charge is 0.486 e. The van der Waals surface area contributed by atoms with Crippen LogP contribution < -0.4 is 10.1 Å². The third kappa shape index (κ3) is 5.04. The number of hydrogen-bond acceptors (Lipinski definition) is 2. The van der Waals surface area contributed by atoms with Gasteiger partial charge in [-0.3, -0.25) is 0 Å². The highest BCUT2D eigenvalue weighted by Gasteiger charge is 2.10. The molecule has 0 saturated carbocycles. The first-order chi connectivity index (χ1) is 12.5. The number of halogens is 4. The number of nitrogens with one attached hydrogen (secondary N) is 1. The van der Waals surface area contributed by atoms with Crippen LogP contribution in [-0.2, 0) is 13.2 Å². The fraction of sp³-hybridized carbons (Fsp3) is 0.100. The Kier molecular flexibility index (Phi) is 6.25. The number of hydrogen-bond donors (Lipinski definition) is 1. The molecule has 0 radical (unpaired) electrons. The van der Waals surface area contributed by atoms with Crippen LogP contribution in [0.25, 0.3) is 0 Å². The van der Waals surface area contributed by atoms with Gasteiger partial charge in [-0.1, -0.05) is 53.0 Å². The third-order valence-corrected chi connectivity index (χ3v) is 4.45. The van der Waals surface area contributed by atoms with E-state index in [-0.39, 0.29) is 12.4 Å². The van der Waals surface area contributed by atoms with Crippen molar-refractivity contribution in [3.8, 4) is 5.75 Å². The molecule has 0 bridgehead atoms. The molecule has 3 aromatic rings. The van der Waals surface area contributed by atoms with Crippen molar-refractivity contribution in [3.05, 3.63) is 92.7 Å². The lowest BCUT2D eigenvalue weighted by molar-refractivity contribution is 0.306. The van der Waals surface area contributed by atoms with Gasteiger partial charge in [-0.25, -0.2) is 4.39 Å². The molecule has 0 aromatic heterocycles. The van der Waals surface area contributed by atoms with Crippen LogP contribution >= 0.6 is 34.8 Å². The molecule has 0 heterocycles. The van der Waals surface area contributed by atoms with Crippen LogP contribution in [0, 0.1) is 5.82 Å². The highest BCUT2D eigenvalue weighted by molar-refractivity contribution is 6.37. The zero-order chi connectivity index (χ0) is 18.5. The fourth-order valence-electron chi connectivity index (χ4n) is 2.44. The van der Waals surface area contributed by atoms with Gasteiger partial charge in [-0.15, -0.1) is 0 Å². The number of ether oxygens (including phenoxy) is 1. The molecule has 0 fully saturated rings. The van der Waals surface area contributed by atoms with E-state index < -0.39 is 0 Å². The van der Waals surface area contributed by atoms with E-state index in [1.54, 1.807) is 24.3 Å². The smallest absolute Gasteiger partial charge is 0.156 e. The first-order valence-electron chi connectivity index (χ1n) is 7.86. The highest BCUT2D eigenvalue weighted by atomic mass is 35.5. The van der Waals surface area contributed by atoms with E-state index in [0.717, 1.165) is 11.3 Å². The van der Waals surface area contributed by atoms with Gasteiger partial charge < -0.3 is 10.1 Å². The van der Waals surface area contributed by atoms with Crippen LogP contribution in [0.1, 0.15) is 11.1 Å². The lowest BCUT2D eigenvalue weighted by Gasteiger charge is -2.13. The van der Waals surface area contributed by atoms with Crippen LogP contribution in [0.5, 0.6) is 5.75 Å². The molecule has 0 unspecified atom stereocenters. The summed E-state index contributed by atoms with van der Waals surface area (Å²) in [6.45, 7) is 0.710. The quantitative estimate of drug-likeness (QED) is 0.473. The minimum atomic E-state index is -0.314. The first kappa shape index (κ1) is 18.8. The van der Waals surface area contributed by atoms with Crippen LogP contribution in [0.15, 0.2) is 60.7 Å². The summed E-state index contributed by atoms with van der Waals surface area (Å²) < 4.78 is 18.9. The van der Waals surface area contributed by atoms with Gasteiger partial charge in [0, 0.05) is 17.3 Å². The second-order valence-electron chi connectivity index (χ2n) is 5.67. The summed E-state index contributed by atoms with van der Waals surface area (Å²) in [5.41, 5.74) is 2.50. The van der Waals surface area contributed by atoms with Crippen LogP contribution in [0.2, 0.25) is 15.1 Å². The van der Waals surface area contributed by atoms with Gasteiger partial charge in [0.2, 0.25) is 0 Å². The Morgan fingerprint density at radius 1 is 0.846 bits per heavy atom. The summed E-state index contributed by atoms with van der Waals surface area (Å²) in [5.74, 6) is 0.0647. The van der Waals surface area contributed by atoms with Crippen molar-refractivity contribution < 1.29 is 9.13 Å². The Balaban J connectivity index is 1.67. The van der Waals surface area contributed by atoms with Crippen molar-refractivity contribution >= 4 is 40.5 Å². The van der Waals surface area contributed by atoms with E-state index in [2.05, 4.69) is 5.32 Å². The summed E-state index contributed by atoms with van der Waals surface area (Å²) >= 11 is 18.6. The van der Waals surface area contributed by atoms with E-state index in [9.17, 15) is 4.39 Å². The van der Waals surface area contributed by atoms with Crippen molar-refractivity contribution in [1.82, 2.24) is 0 Å². The Morgan fingerprint density at radius 3 is 2.27 bits per heavy atom. The van der Waals surface area contributed by atoms with Crippen LogP contribution in [0.3, 0.4) is 0 Å². The van der Waals surface area contributed by atoms with Gasteiger partial charge in [-0.2, -0.15) is 0 Å². The molecule has 0 aliphatic rings. The molecular weight excluding hydrogens is 396 g/mol. The second-order valence-corrected chi connectivity index (χ2v) is 6.92. The average Bonchev–Trinajstić information content (AvgIpc) is 2.59. The average molecular weight is 411 g/mol. The van der Waals surface area contributed by atoms with Crippen molar-refractivity contribution in [3.63, 3.8) is 0 Å². The molecule has 0 aliphatic heterocycles. The van der Waals surface area contributed by atoms with E-state index >= 15 is 0 Å². The molecule has 1 N–H and O–H groups in total. The molecule has 134 valence electrons. The summed E-state index contributed by atoms with van der Waals surface area (Å²) in [4.78, 5) is 0. The van der Waals surface area contributed by atoms with Crippen molar-refractivity contribution in [2.45, 2.75) is 13.2 Å². The van der Waals surface area contributed by atoms with E-state index in [0.29, 0.717) is 32.9 Å². The molecule has 0 amide bonds. The van der Waals surface area contributed by atoms with Gasteiger partial charge in [-0.05, 0) is 53.6 Å². The molecule has 3 aromatic carbocycles.